The number of carbonyl (C=O) groups is 1. The van der Waals surface area contributed by atoms with Gasteiger partial charge in [0.15, 0.2) is 5.78 Å². The molecule has 4 rings (SSSR count). The Morgan fingerprint density at radius 3 is 2.40 bits per heavy atom. The van der Waals surface area contributed by atoms with Crippen LogP contribution in [-0.2, 0) is 11.2 Å². The lowest BCUT2D eigenvalue weighted by molar-refractivity contribution is -0.115. The molecule has 0 amide bonds. The molecule has 6 nitrogen and oxygen atoms in total. The van der Waals surface area contributed by atoms with Gasteiger partial charge in [0, 0.05) is 42.5 Å². The second-order valence-corrected chi connectivity index (χ2v) is 7.34. The summed E-state index contributed by atoms with van der Waals surface area (Å²) in [6.45, 7) is 4.60. The summed E-state index contributed by atoms with van der Waals surface area (Å²) < 4.78 is 10.9. The third-order valence-electron chi connectivity index (χ3n) is 5.59. The van der Waals surface area contributed by atoms with Crippen LogP contribution in [-0.4, -0.2) is 38.4 Å². The van der Waals surface area contributed by atoms with Gasteiger partial charge in [-0.2, -0.15) is 0 Å². The van der Waals surface area contributed by atoms with Gasteiger partial charge >= 0.3 is 0 Å². The number of allylic oxidation sites excluding steroid dienone is 1. The van der Waals surface area contributed by atoms with Gasteiger partial charge in [0.2, 0.25) is 0 Å². The van der Waals surface area contributed by atoms with Gasteiger partial charge in [-0.05, 0) is 25.0 Å². The third-order valence-corrected chi connectivity index (χ3v) is 5.59. The van der Waals surface area contributed by atoms with E-state index in [0.717, 1.165) is 17.1 Å². The van der Waals surface area contributed by atoms with E-state index >= 15 is 0 Å². The van der Waals surface area contributed by atoms with Crippen LogP contribution < -0.4 is 19.7 Å². The van der Waals surface area contributed by atoms with Crippen molar-refractivity contribution in [2.45, 2.75) is 32.7 Å². The third kappa shape index (κ3) is 3.32. The van der Waals surface area contributed by atoms with Gasteiger partial charge in [0.25, 0.3) is 0 Å². The molecule has 0 bridgehead atoms. The average Bonchev–Trinajstić information content (AvgIpc) is 3.31. The number of anilines is 2. The van der Waals surface area contributed by atoms with Crippen LogP contribution >= 0.6 is 0 Å². The van der Waals surface area contributed by atoms with Gasteiger partial charge in [-0.3, -0.25) is 9.79 Å². The summed E-state index contributed by atoms with van der Waals surface area (Å²) in [7, 11) is 3.25. The molecule has 2 aliphatic heterocycles. The Morgan fingerprint density at radius 2 is 1.80 bits per heavy atom. The maximum atomic E-state index is 13.6. The van der Waals surface area contributed by atoms with Crippen LogP contribution in [0.4, 0.5) is 11.4 Å². The lowest BCUT2D eigenvalue weighted by atomic mass is 10.0. The van der Waals surface area contributed by atoms with E-state index < -0.39 is 0 Å². The van der Waals surface area contributed by atoms with Crippen LogP contribution in [0.3, 0.4) is 0 Å². The Hall–Kier alpha value is -3.28. The number of nitrogens with zero attached hydrogens (tertiary/aromatic N) is 2. The Balaban J connectivity index is 1.85. The number of Topliss-reactive ketones (excluding diaryl/α,β-unsaturated/α-hetero) is 1. The molecule has 0 aromatic heterocycles. The number of carbonyl (C=O) groups excluding carboxylic acids is 1. The fraction of sp³-hybridized carbons (Fsp3) is 0.333. The molecular formula is C24H27N3O3. The summed E-state index contributed by atoms with van der Waals surface area (Å²) in [4.78, 5) is 20.4. The minimum absolute atomic E-state index is 0.0989. The number of nitrogens with one attached hydrogen (secondary N) is 1. The van der Waals surface area contributed by atoms with E-state index in [0.29, 0.717) is 42.3 Å². The molecule has 6 heteroatoms. The van der Waals surface area contributed by atoms with Crippen LogP contribution in [0.5, 0.6) is 11.5 Å². The Kier molecular flexibility index (Phi) is 5.48. The summed E-state index contributed by atoms with van der Waals surface area (Å²) in [5.41, 5.74) is 4.69. The zero-order chi connectivity index (χ0) is 21.3. The van der Waals surface area contributed by atoms with Crippen LogP contribution in [0.25, 0.3) is 0 Å². The van der Waals surface area contributed by atoms with Crippen molar-refractivity contribution >= 4 is 23.0 Å². The number of methoxy groups -OCH3 is 2. The summed E-state index contributed by atoms with van der Waals surface area (Å²) in [6.07, 6.45) is 1.37. The maximum Gasteiger partial charge on any atom is 0.191 e. The van der Waals surface area contributed by atoms with Gasteiger partial charge in [-0.25, -0.2) is 0 Å². The number of amidine groups is 1. The first-order chi connectivity index (χ1) is 14.6. The van der Waals surface area contributed by atoms with Gasteiger partial charge in [0.05, 0.1) is 31.5 Å². The lowest BCUT2D eigenvalue weighted by Gasteiger charge is -2.25. The molecule has 2 aliphatic rings. The van der Waals surface area contributed by atoms with Gasteiger partial charge in [-0.1, -0.05) is 25.1 Å². The number of benzene rings is 2. The number of ketones is 1. The molecular weight excluding hydrogens is 378 g/mol. The summed E-state index contributed by atoms with van der Waals surface area (Å²) in [6, 6.07) is 13.5. The fourth-order valence-corrected chi connectivity index (χ4v) is 4.20. The second kappa shape index (κ2) is 8.22. The standard InChI is InChI=1S/C24H27N3O3/c1-5-21-23(28)22(20-11-15-9-7-8-10-19(15)26-20)24(25-6-2)27(21)16-12-17(29-3)14-18(13-16)30-4/h7-10,12-14,21,26H,5-6,11H2,1-4H3. The Bertz CT molecular complexity index is 992. The molecule has 0 spiro atoms. The van der Waals surface area contributed by atoms with E-state index in [2.05, 4.69) is 11.4 Å². The van der Waals surface area contributed by atoms with E-state index in [1.165, 1.54) is 5.56 Å². The quantitative estimate of drug-likeness (QED) is 0.755. The van der Waals surface area contributed by atoms with Gasteiger partial charge in [-0.15, -0.1) is 0 Å². The minimum Gasteiger partial charge on any atom is -0.497 e. The van der Waals surface area contributed by atoms with Gasteiger partial charge in [0.1, 0.15) is 17.3 Å². The zero-order valence-corrected chi connectivity index (χ0v) is 17.9. The Morgan fingerprint density at radius 1 is 1.10 bits per heavy atom. The fourth-order valence-electron chi connectivity index (χ4n) is 4.20. The number of fused-ring (bicyclic) bond motifs is 1. The molecule has 0 saturated carbocycles. The first-order valence-electron chi connectivity index (χ1n) is 10.3. The van der Waals surface area contributed by atoms with Crippen LogP contribution in [0.15, 0.2) is 58.7 Å². The topological polar surface area (TPSA) is 63.2 Å². The van der Waals surface area contributed by atoms with Crippen molar-refractivity contribution in [1.82, 2.24) is 0 Å². The summed E-state index contributed by atoms with van der Waals surface area (Å²) in [5, 5.41) is 3.46. The van der Waals surface area contributed by atoms with E-state index in [4.69, 9.17) is 14.5 Å². The average molecular weight is 405 g/mol. The van der Waals surface area contributed by atoms with Crippen LogP contribution in [0.2, 0.25) is 0 Å². The van der Waals surface area contributed by atoms with Crippen LogP contribution in [0.1, 0.15) is 25.8 Å². The normalized spacial score (nSPS) is 21.7. The van der Waals surface area contributed by atoms with Crippen molar-refractivity contribution < 1.29 is 14.3 Å². The summed E-state index contributed by atoms with van der Waals surface area (Å²) in [5.74, 6) is 2.16. The largest absolute Gasteiger partial charge is 0.497 e. The van der Waals surface area contributed by atoms with E-state index in [-0.39, 0.29) is 11.8 Å². The molecule has 2 aromatic rings. The molecule has 0 aliphatic carbocycles. The number of para-hydroxylation sites is 1. The molecule has 0 radical (unpaired) electrons. The highest BCUT2D eigenvalue weighted by Crippen LogP contribution is 2.38. The number of hydrogen-bond donors (Lipinski definition) is 1. The van der Waals surface area contributed by atoms with Crippen molar-refractivity contribution in [2.24, 2.45) is 4.99 Å². The first kappa shape index (κ1) is 20.0. The molecule has 1 unspecified atom stereocenters. The van der Waals surface area contributed by atoms with E-state index in [1.807, 2.05) is 55.1 Å². The van der Waals surface area contributed by atoms with E-state index in [1.54, 1.807) is 14.2 Å². The predicted octanol–water partition coefficient (Wildman–Crippen LogP) is 4.21. The Labute approximate surface area is 177 Å². The van der Waals surface area contributed by atoms with Crippen molar-refractivity contribution in [2.75, 3.05) is 31.0 Å². The zero-order valence-electron chi connectivity index (χ0n) is 17.9. The molecule has 1 atom stereocenters. The number of hydrogen-bond acceptors (Lipinski definition) is 5. The summed E-state index contributed by atoms with van der Waals surface area (Å²) >= 11 is 0. The molecule has 1 fully saturated rings. The monoisotopic (exact) mass is 405 g/mol. The van der Waals surface area contributed by atoms with Crippen molar-refractivity contribution in [3.8, 4) is 11.5 Å². The SMILES string of the molecule is CCN=C1C(=C2Cc3ccccc3N2)C(=O)C(CC)N1c1cc(OC)cc(OC)c1. The van der Waals surface area contributed by atoms with Crippen molar-refractivity contribution in [1.29, 1.82) is 0 Å². The smallest absolute Gasteiger partial charge is 0.191 e. The number of rotatable bonds is 5. The van der Waals surface area contributed by atoms with Crippen molar-refractivity contribution in [3.63, 3.8) is 0 Å². The highest BCUT2D eigenvalue weighted by molar-refractivity contribution is 6.36. The van der Waals surface area contributed by atoms with E-state index in [9.17, 15) is 4.79 Å². The molecule has 2 aromatic carbocycles. The molecule has 1 saturated heterocycles. The molecule has 156 valence electrons. The molecule has 2 heterocycles. The first-order valence-corrected chi connectivity index (χ1v) is 10.3. The highest BCUT2D eigenvalue weighted by atomic mass is 16.5. The molecule has 30 heavy (non-hydrogen) atoms. The van der Waals surface area contributed by atoms with Crippen molar-refractivity contribution in [3.05, 3.63) is 59.3 Å². The lowest BCUT2D eigenvalue weighted by Crippen LogP contribution is -2.35. The number of ether oxygens (including phenoxy) is 2. The van der Waals surface area contributed by atoms with Gasteiger partial charge < -0.3 is 19.7 Å². The molecule has 1 N–H and O–H groups in total. The maximum absolute atomic E-state index is 13.6. The van der Waals surface area contributed by atoms with Crippen LogP contribution in [0, 0.1) is 0 Å². The number of aliphatic imine (C=N–C) groups is 1. The predicted molar refractivity (Wildman–Crippen MR) is 120 cm³/mol. The second-order valence-electron chi connectivity index (χ2n) is 7.34. The highest BCUT2D eigenvalue weighted by Gasteiger charge is 2.43. The minimum atomic E-state index is -0.319.